The van der Waals surface area contributed by atoms with Crippen LogP contribution in [0.3, 0.4) is 0 Å². The van der Waals surface area contributed by atoms with Crippen LogP contribution in [0, 0.1) is 5.92 Å². The summed E-state index contributed by atoms with van der Waals surface area (Å²) in [6.07, 6.45) is 2.93. The highest BCUT2D eigenvalue weighted by Crippen LogP contribution is 2.31. The van der Waals surface area contributed by atoms with E-state index in [1.54, 1.807) is 0 Å². The van der Waals surface area contributed by atoms with Crippen molar-refractivity contribution in [2.45, 2.75) is 57.7 Å². The fourth-order valence-electron chi connectivity index (χ4n) is 2.55. The van der Waals surface area contributed by atoms with Crippen LogP contribution in [0.2, 0.25) is 0 Å². The van der Waals surface area contributed by atoms with E-state index < -0.39 is 6.04 Å². The molecule has 2 atom stereocenters. The second-order valence-electron chi connectivity index (χ2n) is 5.77. The zero-order valence-electron chi connectivity index (χ0n) is 11.1. The smallest absolute Gasteiger partial charge is 0.247 e. The third kappa shape index (κ3) is 2.90. The van der Waals surface area contributed by atoms with Crippen LogP contribution < -0.4 is 5.32 Å². The van der Waals surface area contributed by atoms with Gasteiger partial charge in [-0.3, -0.25) is 14.5 Å². The zero-order valence-corrected chi connectivity index (χ0v) is 11.1. The number of carbonyl (C=O) groups is 2. The second kappa shape index (κ2) is 5.36. The second-order valence-corrected chi connectivity index (χ2v) is 5.77. The summed E-state index contributed by atoms with van der Waals surface area (Å²) in [5.74, 6) is 0.271. The molecule has 2 aliphatic rings. The van der Waals surface area contributed by atoms with Crippen LogP contribution >= 0.6 is 0 Å². The number of aliphatic hydroxyl groups is 1. The number of aliphatic hydroxyl groups excluding tert-OH is 1. The third-order valence-electron chi connectivity index (χ3n) is 3.51. The molecule has 5 heteroatoms. The van der Waals surface area contributed by atoms with E-state index in [0.717, 1.165) is 19.3 Å². The van der Waals surface area contributed by atoms with Gasteiger partial charge < -0.3 is 10.4 Å². The molecule has 18 heavy (non-hydrogen) atoms. The van der Waals surface area contributed by atoms with Crippen LogP contribution in [0.25, 0.3) is 0 Å². The number of imide groups is 1. The summed E-state index contributed by atoms with van der Waals surface area (Å²) in [7, 11) is 0. The number of likely N-dealkylation sites (tertiary alicyclic amines) is 1. The van der Waals surface area contributed by atoms with Gasteiger partial charge in [0.1, 0.15) is 0 Å². The minimum atomic E-state index is -0.436. The zero-order chi connectivity index (χ0) is 13.3. The van der Waals surface area contributed by atoms with Gasteiger partial charge in [-0.05, 0) is 25.2 Å². The van der Waals surface area contributed by atoms with Crippen LogP contribution in [0.5, 0.6) is 0 Å². The first-order chi connectivity index (χ1) is 8.52. The maximum Gasteiger partial charge on any atom is 0.247 e. The van der Waals surface area contributed by atoms with E-state index in [1.165, 1.54) is 4.90 Å². The molecule has 0 spiro atoms. The summed E-state index contributed by atoms with van der Waals surface area (Å²) in [5, 5.41) is 12.4. The molecule has 1 aliphatic heterocycles. The monoisotopic (exact) mass is 254 g/mol. The van der Waals surface area contributed by atoms with Gasteiger partial charge in [0.15, 0.2) is 0 Å². The lowest BCUT2D eigenvalue weighted by Crippen LogP contribution is -2.46. The Bertz CT molecular complexity index is 339. The van der Waals surface area contributed by atoms with Crippen LogP contribution in [-0.2, 0) is 9.59 Å². The largest absolute Gasteiger partial charge is 0.395 e. The van der Waals surface area contributed by atoms with Crippen molar-refractivity contribution in [3.8, 4) is 0 Å². The van der Waals surface area contributed by atoms with Gasteiger partial charge in [0.05, 0.1) is 19.1 Å². The molecule has 2 amide bonds. The Morgan fingerprint density at radius 2 is 2.06 bits per heavy atom. The number of hydrogen-bond acceptors (Lipinski definition) is 4. The van der Waals surface area contributed by atoms with Crippen LogP contribution in [0.15, 0.2) is 0 Å². The first-order valence-corrected chi connectivity index (χ1v) is 6.75. The van der Waals surface area contributed by atoms with Crippen molar-refractivity contribution >= 4 is 11.8 Å². The predicted octanol–water partition coefficient (Wildman–Crippen LogP) is 0.273. The molecular formula is C13H22N2O3. The van der Waals surface area contributed by atoms with E-state index >= 15 is 0 Å². The van der Waals surface area contributed by atoms with Crippen molar-refractivity contribution in [1.29, 1.82) is 0 Å². The lowest BCUT2D eigenvalue weighted by atomic mass is 10.0. The molecular weight excluding hydrogens is 232 g/mol. The number of carbonyl (C=O) groups excluding carboxylic acids is 2. The van der Waals surface area contributed by atoms with E-state index in [9.17, 15) is 14.7 Å². The normalized spacial score (nSPS) is 26.2. The van der Waals surface area contributed by atoms with Crippen LogP contribution in [0.1, 0.15) is 39.5 Å². The fourth-order valence-corrected chi connectivity index (χ4v) is 2.55. The highest BCUT2D eigenvalue weighted by Gasteiger charge is 2.46. The van der Waals surface area contributed by atoms with Crippen molar-refractivity contribution in [1.82, 2.24) is 10.2 Å². The van der Waals surface area contributed by atoms with Crippen molar-refractivity contribution in [2.75, 3.05) is 6.61 Å². The van der Waals surface area contributed by atoms with E-state index in [0.29, 0.717) is 5.92 Å². The van der Waals surface area contributed by atoms with Gasteiger partial charge in [-0.15, -0.1) is 0 Å². The Hall–Kier alpha value is -0.940. The molecule has 0 aromatic heterocycles. The minimum absolute atomic E-state index is 0.000418. The first kappa shape index (κ1) is 13.5. The first-order valence-electron chi connectivity index (χ1n) is 6.75. The molecule has 0 aromatic rings. The third-order valence-corrected chi connectivity index (χ3v) is 3.51. The number of nitrogens with one attached hydrogen (secondary N) is 1. The van der Waals surface area contributed by atoms with E-state index in [-0.39, 0.29) is 36.9 Å². The molecule has 2 fully saturated rings. The fraction of sp³-hybridized carbons (Fsp3) is 0.846. The molecule has 5 nitrogen and oxygen atoms in total. The molecule has 102 valence electrons. The summed E-state index contributed by atoms with van der Waals surface area (Å²) >= 11 is 0. The molecule has 1 saturated carbocycles. The average Bonchev–Trinajstić information content (AvgIpc) is 3.07. The van der Waals surface area contributed by atoms with Crippen molar-refractivity contribution in [3.63, 3.8) is 0 Å². The Morgan fingerprint density at radius 3 is 2.56 bits per heavy atom. The molecule has 1 aliphatic carbocycles. The quantitative estimate of drug-likeness (QED) is 0.668. The predicted molar refractivity (Wildman–Crippen MR) is 66.7 cm³/mol. The number of hydrogen-bond donors (Lipinski definition) is 2. The van der Waals surface area contributed by atoms with Gasteiger partial charge in [-0.2, -0.15) is 0 Å². The highest BCUT2D eigenvalue weighted by molar-refractivity contribution is 6.06. The average molecular weight is 254 g/mol. The number of amides is 2. The standard InChI is InChI=1S/C13H22N2O3/c1-8(2)5-9(7-16)14-11-6-12(17)15(13(11)18)10-3-4-10/h8-11,14,16H,3-7H2,1-2H3. The summed E-state index contributed by atoms with van der Waals surface area (Å²) < 4.78 is 0. The SMILES string of the molecule is CC(C)CC(CO)NC1CC(=O)N(C2CC2)C1=O. The molecule has 0 aromatic carbocycles. The van der Waals surface area contributed by atoms with Gasteiger partial charge in [0.2, 0.25) is 11.8 Å². The lowest BCUT2D eigenvalue weighted by molar-refractivity contribution is -0.139. The van der Waals surface area contributed by atoms with Gasteiger partial charge in [0.25, 0.3) is 0 Å². The lowest BCUT2D eigenvalue weighted by Gasteiger charge is -2.21. The maximum atomic E-state index is 12.1. The summed E-state index contributed by atoms with van der Waals surface area (Å²) in [5.41, 5.74) is 0. The van der Waals surface area contributed by atoms with Crippen molar-refractivity contribution in [2.24, 2.45) is 5.92 Å². The summed E-state index contributed by atoms with van der Waals surface area (Å²) in [6, 6.07) is -0.394. The molecule has 1 heterocycles. The Morgan fingerprint density at radius 1 is 1.39 bits per heavy atom. The van der Waals surface area contributed by atoms with Gasteiger partial charge in [-0.25, -0.2) is 0 Å². The molecule has 2 rings (SSSR count). The van der Waals surface area contributed by atoms with E-state index in [4.69, 9.17) is 0 Å². The molecule has 0 bridgehead atoms. The molecule has 1 saturated heterocycles. The molecule has 0 radical (unpaired) electrons. The topological polar surface area (TPSA) is 69.6 Å². The molecule has 2 N–H and O–H groups in total. The van der Waals surface area contributed by atoms with Gasteiger partial charge in [-0.1, -0.05) is 13.8 Å². The summed E-state index contributed by atoms with van der Waals surface area (Å²) in [4.78, 5) is 25.3. The number of rotatable bonds is 6. The Balaban J connectivity index is 1.93. The van der Waals surface area contributed by atoms with Crippen molar-refractivity contribution in [3.05, 3.63) is 0 Å². The van der Waals surface area contributed by atoms with E-state index in [2.05, 4.69) is 19.2 Å². The molecule has 2 unspecified atom stereocenters. The Kier molecular flexibility index (Phi) is 4.02. The van der Waals surface area contributed by atoms with Crippen LogP contribution in [0.4, 0.5) is 0 Å². The summed E-state index contributed by atoms with van der Waals surface area (Å²) in [6.45, 7) is 4.14. The van der Waals surface area contributed by atoms with E-state index in [1.807, 2.05) is 0 Å². The maximum absolute atomic E-state index is 12.1. The van der Waals surface area contributed by atoms with Crippen molar-refractivity contribution < 1.29 is 14.7 Å². The van der Waals surface area contributed by atoms with Gasteiger partial charge in [0, 0.05) is 12.1 Å². The van der Waals surface area contributed by atoms with Gasteiger partial charge >= 0.3 is 0 Å². The minimum Gasteiger partial charge on any atom is -0.395 e. The van der Waals surface area contributed by atoms with Crippen LogP contribution in [-0.4, -0.2) is 46.6 Å². The highest BCUT2D eigenvalue weighted by atomic mass is 16.3. The Labute approximate surface area is 108 Å². The number of nitrogens with zero attached hydrogens (tertiary/aromatic N) is 1.